The van der Waals surface area contributed by atoms with Gasteiger partial charge >= 0.3 is 5.97 Å². The first-order chi connectivity index (χ1) is 12.6. The SMILES string of the molecule is O=C(O)c1ccc(/C=C/C(=O)N2CCNC(=O)C2c2ccccc2)cc1. The van der Waals surface area contributed by atoms with Gasteiger partial charge in [-0.15, -0.1) is 0 Å². The van der Waals surface area contributed by atoms with Crippen LogP contribution in [0.4, 0.5) is 0 Å². The molecule has 0 spiro atoms. The normalized spacial score (nSPS) is 17.2. The third kappa shape index (κ3) is 3.80. The molecule has 132 valence electrons. The number of nitrogens with one attached hydrogen (secondary N) is 1. The van der Waals surface area contributed by atoms with Gasteiger partial charge in [0.2, 0.25) is 11.8 Å². The second kappa shape index (κ2) is 7.65. The van der Waals surface area contributed by atoms with Gasteiger partial charge in [-0.1, -0.05) is 42.5 Å². The van der Waals surface area contributed by atoms with E-state index in [9.17, 15) is 14.4 Å². The quantitative estimate of drug-likeness (QED) is 0.827. The minimum absolute atomic E-state index is 0.185. The summed E-state index contributed by atoms with van der Waals surface area (Å²) in [5.41, 5.74) is 1.66. The second-order valence-electron chi connectivity index (χ2n) is 5.90. The molecule has 0 radical (unpaired) electrons. The molecule has 0 aliphatic carbocycles. The number of hydrogen-bond donors (Lipinski definition) is 2. The number of carboxylic acids is 1. The fourth-order valence-electron chi connectivity index (χ4n) is 2.87. The Labute approximate surface area is 150 Å². The van der Waals surface area contributed by atoms with E-state index in [0.717, 1.165) is 5.56 Å². The highest BCUT2D eigenvalue weighted by Crippen LogP contribution is 2.23. The van der Waals surface area contributed by atoms with Gasteiger partial charge < -0.3 is 15.3 Å². The molecule has 0 aromatic heterocycles. The summed E-state index contributed by atoms with van der Waals surface area (Å²) in [7, 11) is 0. The lowest BCUT2D eigenvalue weighted by Gasteiger charge is -2.34. The molecule has 1 fully saturated rings. The molecule has 1 atom stereocenters. The summed E-state index contributed by atoms with van der Waals surface area (Å²) in [5, 5.41) is 11.7. The Kier molecular flexibility index (Phi) is 5.12. The van der Waals surface area contributed by atoms with Gasteiger partial charge in [0.15, 0.2) is 0 Å². The largest absolute Gasteiger partial charge is 0.478 e. The summed E-state index contributed by atoms with van der Waals surface area (Å²) >= 11 is 0. The van der Waals surface area contributed by atoms with Crippen molar-refractivity contribution < 1.29 is 19.5 Å². The van der Waals surface area contributed by atoms with E-state index in [1.807, 2.05) is 30.3 Å². The van der Waals surface area contributed by atoms with Crippen molar-refractivity contribution in [3.63, 3.8) is 0 Å². The fourth-order valence-corrected chi connectivity index (χ4v) is 2.87. The van der Waals surface area contributed by atoms with E-state index in [1.165, 1.54) is 23.1 Å². The molecular weight excluding hydrogens is 332 g/mol. The molecule has 3 rings (SSSR count). The second-order valence-corrected chi connectivity index (χ2v) is 5.90. The fraction of sp³-hybridized carbons (Fsp3) is 0.150. The summed E-state index contributed by atoms with van der Waals surface area (Å²) in [6.45, 7) is 0.835. The zero-order chi connectivity index (χ0) is 18.5. The third-order valence-electron chi connectivity index (χ3n) is 4.19. The highest BCUT2D eigenvalue weighted by atomic mass is 16.4. The topological polar surface area (TPSA) is 86.7 Å². The number of piperazine rings is 1. The van der Waals surface area contributed by atoms with Crippen LogP contribution in [0.15, 0.2) is 60.7 Å². The van der Waals surface area contributed by atoms with Gasteiger partial charge in [0.25, 0.3) is 0 Å². The summed E-state index contributed by atoms with van der Waals surface area (Å²) in [4.78, 5) is 37.3. The summed E-state index contributed by atoms with van der Waals surface area (Å²) < 4.78 is 0. The predicted molar refractivity (Wildman–Crippen MR) is 96.3 cm³/mol. The maximum atomic E-state index is 12.6. The van der Waals surface area contributed by atoms with E-state index in [-0.39, 0.29) is 17.4 Å². The summed E-state index contributed by atoms with van der Waals surface area (Å²) in [5.74, 6) is -1.47. The Morgan fingerprint density at radius 3 is 2.42 bits per heavy atom. The van der Waals surface area contributed by atoms with E-state index in [4.69, 9.17) is 5.11 Å². The molecule has 2 aromatic rings. The lowest BCUT2D eigenvalue weighted by Crippen LogP contribution is -2.51. The van der Waals surface area contributed by atoms with Crippen molar-refractivity contribution in [3.05, 3.63) is 77.4 Å². The van der Waals surface area contributed by atoms with Gasteiger partial charge in [-0.2, -0.15) is 0 Å². The molecular formula is C20H18N2O4. The maximum absolute atomic E-state index is 12.6. The molecule has 2 amide bonds. The molecule has 1 aliphatic rings. The smallest absolute Gasteiger partial charge is 0.335 e. The monoisotopic (exact) mass is 350 g/mol. The highest BCUT2D eigenvalue weighted by Gasteiger charge is 2.33. The summed E-state index contributed by atoms with van der Waals surface area (Å²) in [6.07, 6.45) is 3.02. The minimum Gasteiger partial charge on any atom is -0.478 e. The van der Waals surface area contributed by atoms with Crippen molar-refractivity contribution >= 4 is 23.9 Å². The number of rotatable bonds is 4. The lowest BCUT2D eigenvalue weighted by molar-refractivity contribution is -0.140. The number of hydrogen-bond acceptors (Lipinski definition) is 3. The van der Waals surface area contributed by atoms with Crippen molar-refractivity contribution in [1.29, 1.82) is 0 Å². The average molecular weight is 350 g/mol. The van der Waals surface area contributed by atoms with Crippen LogP contribution in [-0.4, -0.2) is 40.9 Å². The van der Waals surface area contributed by atoms with Gasteiger partial charge in [0.1, 0.15) is 6.04 Å². The molecule has 2 aromatic carbocycles. The van der Waals surface area contributed by atoms with Crippen LogP contribution in [0.3, 0.4) is 0 Å². The van der Waals surface area contributed by atoms with Gasteiger partial charge in [-0.05, 0) is 29.3 Å². The predicted octanol–water partition coefficient (Wildman–Crippen LogP) is 2.10. The maximum Gasteiger partial charge on any atom is 0.335 e. The standard InChI is InChI=1S/C20H18N2O4/c23-17(11-8-14-6-9-16(10-7-14)20(25)26)22-13-12-21-19(24)18(22)15-4-2-1-3-5-15/h1-11,18H,12-13H2,(H,21,24)(H,25,26)/b11-8+. The molecule has 2 N–H and O–H groups in total. The van der Waals surface area contributed by atoms with Gasteiger partial charge in [-0.25, -0.2) is 4.79 Å². The lowest BCUT2D eigenvalue weighted by atomic mass is 10.0. The van der Waals surface area contributed by atoms with Crippen LogP contribution in [0, 0.1) is 0 Å². The molecule has 0 bridgehead atoms. The first-order valence-corrected chi connectivity index (χ1v) is 8.21. The minimum atomic E-state index is -0.998. The molecule has 1 saturated heterocycles. The molecule has 6 heteroatoms. The Hall–Kier alpha value is -3.41. The molecule has 0 saturated carbocycles. The van der Waals surface area contributed by atoms with E-state index in [1.54, 1.807) is 18.2 Å². The van der Waals surface area contributed by atoms with Crippen LogP contribution >= 0.6 is 0 Å². The van der Waals surface area contributed by atoms with Crippen LogP contribution in [0.25, 0.3) is 6.08 Å². The number of carbonyl (C=O) groups excluding carboxylic acids is 2. The molecule has 1 aliphatic heterocycles. The molecule has 6 nitrogen and oxygen atoms in total. The zero-order valence-electron chi connectivity index (χ0n) is 14.0. The number of benzene rings is 2. The Morgan fingerprint density at radius 1 is 1.08 bits per heavy atom. The van der Waals surface area contributed by atoms with Crippen molar-refractivity contribution in [2.24, 2.45) is 0 Å². The van der Waals surface area contributed by atoms with Crippen molar-refractivity contribution in [2.45, 2.75) is 6.04 Å². The molecule has 1 heterocycles. The van der Waals surface area contributed by atoms with Gasteiger partial charge in [-0.3, -0.25) is 9.59 Å². The van der Waals surface area contributed by atoms with Crippen LogP contribution < -0.4 is 5.32 Å². The number of aromatic carboxylic acids is 1. The van der Waals surface area contributed by atoms with E-state index in [2.05, 4.69) is 5.32 Å². The van der Waals surface area contributed by atoms with E-state index < -0.39 is 12.0 Å². The van der Waals surface area contributed by atoms with Crippen molar-refractivity contribution in [3.8, 4) is 0 Å². The van der Waals surface area contributed by atoms with Gasteiger partial charge in [0.05, 0.1) is 5.56 Å². The molecule has 1 unspecified atom stereocenters. The summed E-state index contributed by atoms with van der Waals surface area (Å²) in [6, 6.07) is 14.7. The van der Waals surface area contributed by atoms with Crippen molar-refractivity contribution in [1.82, 2.24) is 10.2 Å². The number of amides is 2. The zero-order valence-corrected chi connectivity index (χ0v) is 14.0. The van der Waals surface area contributed by atoms with Crippen LogP contribution in [-0.2, 0) is 9.59 Å². The first kappa shape index (κ1) is 17.4. The first-order valence-electron chi connectivity index (χ1n) is 8.21. The molecule has 26 heavy (non-hydrogen) atoms. The highest BCUT2D eigenvalue weighted by molar-refractivity contribution is 5.97. The Bertz CT molecular complexity index is 844. The van der Waals surface area contributed by atoms with Crippen LogP contribution in [0.1, 0.15) is 27.5 Å². The Morgan fingerprint density at radius 2 is 1.77 bits per heavy atom. The number of nitrogens with zero attached hydrogens (tertiary/aromatic N) is 1. The van der Waals surface area contributed by atoms with Crippen molar-refractivity contribution in [2.75, 3.05) is 13.1 Å². The van der Waals surface area contributed by atoms with Crippen LogP contribution in [0.5, 0.6) is 0 Å². The van der Waals surface area contributed by atoms with E-state index >= 15 is 0 Å². The van der Waals surface area contributed by atoms with Crippen LogP contribution in [0.2, 0.25) is 0 Å². The average Bonchev–Trinajstić information content (AvgIpc) is 2.67. The Balaban J connectivity index is 1.78. The van der Waals surface area contributed by atoms with E-state index in [0.29, 0.717) is 18.7 Å². The number of carboxylic acid groups (broad SMARTS) is 1. The number of carbonyl (C=O) groups is 3. The van der Waals surface area contributed by atoms with Gasteiger partial charge in [0, 0.05) is 19.2 Å². The third-order valence-corrected chi connectivity index (χ3v) is 4.19.